The maximum absolute atomic E-state index is 10.7. The van der Waals surface area contributed by atoms with Crippen LogP contribution in [0.3, 0.4) is 0 Å². The summed E-state index contributed by atoms with van der Waals surface area (Å²) in [4.78, 5) is 10.7. The molecule has 0 fully saturated rings. The Bertz CT molecular complexity index is 129. The average molecular weight is 144 g/mol. The van der Waals surface area contributed by atoms with Gasteiger partial charge in [-0.25, -0.2) is 4.79 Å². The van der Waals surface area contributed by atoms with Crippen LogP contribution in [0, 0.1) is 0 Å². The molecule has 0 aliphatic carbocycles. The fraction of sp³-hybridized carbons (Fsp3) is 0.571. The highest BCUT2D eigenvalue weighted by Crippen LogP contribution is 1.94. The first kappa shape index (κ1) is 9.17. The lowest BCUT2D eigenvalue weighted by atomic mass is 10.3. The zero-order valence-corrected chi connectivity index (χ0v) is 6.46. The third kappa shape index (κ3) is 2.64. The predicted octanol–water partition coefficient (Wildman–Crippen LogP) is 0.751. The fourth-order valence-electron chi connectivity index (χ4n) is 0.544. The van der Waals surface area contributed by atoms with Gasteiger partial charge < -0.3 is 9.47 Å². The quantitative estimate of drug-likeness (QED) is 0.433. The number of carbonyl (C=O) groups excluding carboxylic acids is 1. The maximum Gasteiger partial charge on any atom is 0.339 e. The monoisotopic (exact) mass is 144 g/mol. The molecule has 0 amide bonds. The van der Waals surface area contributed by atoms with E-state index in [9.17, 15) is 4.79 Å². The van der Waals surface area contributed by atoms with Gasteiger partial charge in [0, 0.05) is 7.11 Å². The minimum Gasteiger partial charge on any atom is -0.467 e. The van der Waals surface area contributed by atoms with E-state index < -0.39 is 6.10 Å². The van der Waals surface area contributed by atoms with Crippen LogP contribution in [0.25, 0.3) is 0 Å². The summed E-state index contributed by atoms with van der Waals surface area (Å²) in [6.07, 6.45) is 2.81. The Morgan fingerprint density at radius 3 is 2.40 bits per heavy atom. The van der Waals surface area contributed by atoms with E-state index in [1.165, 1.54) is 14.2 Å². The molecule has 0 radical (unpaired) electrons. The van der Waals surface area contributed by atoms with Gasteiger partial charge in [-0.15, -0.1) is 0 Å². The Morgan fingerprint density at radius 2 is 2.10 bits per heavy atom. The van der Waals surface area contributed by atoms with E-state index in [0.717, 1.165) is 0 Å². The number of hydrogen-bond donors (Lipinski definition) is 0. The largest absolute Gasteiger partial charge is 0.467 e. The Kier molecular flexibility index (Phi) is 4.58. The molecule has 0 aromatic rings. The average Bonchev–Trinajstić information content (AvgIpc) is 1.99. The summed E-state index contributed by atoms with van der Waals surface area (Å²) < 4.78 is 9.22. The van der Waals surface area contributed by atoms with Crippen molar-refractivity contribution >= 4 is 5.97 Å². The van der Waals surface area contributed by atoms with Crippen molar-refractivity contribution in [1.82, 2.24) is 0 Å². The number of rotatable bonds is 3. The van der Waals surface area contributed by atoms with Crippen LogP contribution in [0.4, 0.5) is 0 Å². The summed E-state index contributed by atoms with van der Waals surface area (Å²) in [7, 11) is 2.79. The molecule has 0 spiro atoms. The predicted molar refractivity (Wildman–Crippen MR) is 37.6 cm³/mol. The summed E-state index contributed by atoms with van der Waals surface area (Å²) in [5.41, 5.74) is 0. The van der Waals surface area contributed by atoms with Crippen LogP contribution in [0.2, 0.25) is 0 Å². The van der Waals surface area contributed by atoms with Crippen LogP contribution in [-0.4, -0.2) is 26.3 Å². The van der Waals surface area contributed by atoms with E-state index in [0.29, 0.717) is 0 Å². The molecule has 0 aliphatic rings. The second kappa shape index (κ2) is 4.99. The normalized spacial score (nSPS) is 13.5. The van der Waals surface area contributed by atoms with Crippen molar-refractivity contribution in [2.24, 2.45) is 0 Å². The fourth-order valence-corrected chi connectivity index (χ4v) is 0.544. The second-order valence-electron chi connectivity index (χ2n) is 1.71. The van der Waals surface area contributed by atoms with Gasteiger partial charge in [0.1, 0.15) is 0 Å². The molecule has 0 bridgehead atoms. The summed E-state index contributed by atoms with van der Waals surface area (Å²) >= 11 is 0. The lowest BCUT2D eigenvalue weighted by molar-refractivity contribution is -0.149. The highest BCUT2D eigenvalue weighted by molar-refractivity contribution is 5.76. The number of esters is 1. The lowest BCUT2D eigenvalue weighted by Crippen LogP contribution is -2.21. The zero-order chi connectivity index (χ0) is 7.98. The Hall–Kier alpha value is -0.830. The van der Waals surface area contributed by atoms with E-state index >= 15 is 0 Å². The molecule has 0 aliphatic heterocycles. The summed E-state index contributed by atoms with van der Waals surface area (Å²) in [5, 5.41) is 0. The summed E-state index contributed by atoms with van der Waals surface area (Å²) in [5.74, 6) is -0.374. The van der Waals surface area contributed by atoms with E-state index in [-0.39, 0.29) is 5.97 Å². The molecule has 10 heavy (non-hydrogen) atoms. The highest BCUT2D eigenvalue weighted by atomic mass is 16.6. The van der Waals surface area contributed by atoms with Gasteiger partial charge in [-0.3, -0.25) is 0 Å². The van der Waals surface area contributed by atoms with Crippen molar-refractivity contribution in [3.63, 3.8) is 0 Å². The van der Waals surface area contributed by atoms with Gasteiger partial charge in [-0.2, -0.15) is 0 Å². The number of methoxy groups -OCH3 is 2. The van der Waals surface area contributed by atoms with Gasteiger partial charge in [-0.1, -0.05) is 6.08 Å². The Labute approximate surface area is 60.6 Å². The third-order valence-corrected chi connectivity index (χ3v) is 1.05. The topological polar surface area (TPSA) is 35.5 Å². The zero-order valence-electron chi connectivity index (χ0n) is 6.46. The summed E-state index contributed by atoms with van der Waals surface area (Å²) in [6, 6.07) is 0. The molecule has 3 heteroatoms. The first-order chi connectivity index (χ1) is 4.76. The van der Waals surface area contributed by atoms with Crippen LogP contribution in [0.1, 0.15) is 6.92 Å². The van der Waals surface area contributed by atoms with Crippen molar-refractivity contribution in [3.8, 4) is 0 Å². The van der Waals surface area contributed by atoms with E-state index in [1.807, 2.05) is 6.92 Å². The minimum absolute atomic E-state index is 0.374. The van der Waals surface area contributed by atoms with Crippen molar-refractivity contribution in [2.45, 2.75) is 13.0 Å². The number of ether oxygens (including phenoxy) is 2. The highest BCUT2D eigenvalue weighted by Gasteiger charge is 2.12. The maximum atomic E-state index is 10.7. The number of hydrogen-bond acceptors (Lipinski definition) is 3. The first-order valence-electron chi connectivity index (χ1n) is 2.99. The van der Waals surface area contributed by atoms with Gasteiger partial charge in [-0.05, 0) is 13.0 Å². The Morgan fingerprint density at radius 1 is 1.50 bits per heavy atom. The molecular weight excluding hydrogens is 132 g/mol. The molecule has 0 saturated heterocycles. The number of carbonyl (C=O) groups is 1. The molecule has 0 N–H and O–H groups in total. The van der Waals surface area contributed by atoms with Crippen molar-refractivity contribution < 1.29 is 14.3 Å². The van der Waals surface area contributed by atoms with Gasteiger partial charge in [0.05, 0.1) is 7.11 Å². The smallest absolute Gasteiger partial charge is 0.339 e. The van der Waals surface area contributed by atoms with Crippen molar-refractivity contribution in [3.05, 3.63) is 12.2 Å². The van der Waals surface area contributed by atoms with E-state index in [2.05, 4.69) is 4.74 Å². The van der Waals surface area contributed by atoms with Crippen molar-refractivity contribution in [1.29, 1.82) is 0 Å². The van der Waals surface area contributed by atoms with Crippen LogP contribution < -0.4 is 0 Å². The molecule has 1 atom stereocenters. The molecular formula is C7H12O3. The van der Waals surface area contributed by atoms with Crippen LogP contribution >= 0.6 is 0 Å². The van der Waals surface area contributed by atoms with Crippen LogP contribution in [0.15, 0.2) is 12.2 Å². The molecule has 0 heterocycles. The van der Waals surface area contributed by atoms with Crippen LogP contribution in [0.5, 0.6) is 0 Å². The Balaban J connectivity index is 3.93. The SMILES string of the molecule is C/C=C/C(OC)C(=O)OC. The summed E-state index contributed by atoms with van der Waals surface area (Å²) in [6.45, 7) is 1.81. The second-order valence-corrected chi connectivity index (χ2v) is 1.71. The van der Waals surface area contributed by atoms with Crippen LogP contribution in [-0.2, 0) is 14.3 Å². The van der Waals surface area contributed by atoms with E-state index in [1.54, 1.807) is 12.2 Å². The molecule has 0 rings (SSSR count). The molecule has 58 valence electrons. The molecule has 0 saturated carbocycles. The number of allylic oxidation sites excluding steroid dienone is 1. The van der Waals surface area contributed by atoms with E-state index in [4.69, 9.17) is 4.74 Å². The minimum atomic E-state index is -0.560. The lowest BCUT2D eigenvalue weighted by Gasteiger charge is -2.06. The van der Waals surface area contributed by atoms with Gasteiger partial charge >= 0.3 is 5.97 Å². The molecule has 0 aromatic carbocycles. The molecule has 0 aromatic heterocycles. The third-order valence-electron chi connectivity index (χ3n) is 1.05. The molecule has 3 nitrogen and oxygen atoms in total. The molecule has 1 unspecified atom stereocenters. The standard InChI is InChI=1S/C7H12O3/c1-4-5-6(9-2)7(8)10-3/h4-6H,1-3H3/b5-4+. The van der Waals surface area contributed by atoms with Crippen molar-refractivity contribution in [2.75, 3.05) is 14.2 Å². The van der Waals surface area contributed by atoms with Gasteiger partial charge in [0.2, 0.25) is 0 Å². The first-order valence-corrected chi connectivity index (χ1v) is 2.99. The van der Waals surface area contributed by atoms with Gasteiger partial charge in [0.15, 0.2) is 6.10 Å². The van der Waals surface area contributed by atoms with Gasteiger partial charge in [0.25, 0.3) is 0 Å².